The number of nitrogens with one attached hydrogen (secondary N) is 2. The number of hydrogen-bond acceptors (Lipinski definition) is 2. The summed E-state index contributed by atoms with van der Waals surface area (Å²) >= 11 is 0. The first-order valence-electron chi connectivity index (χ1n) is 7.43. The van der Waals surface area contributed by atoms with E-state index in [4.69, 9.17) is 0 Å². The largest absolute Gasteiger partial charge is 0.342 e. The molecule has 0 spiro atoms. The minimum Gasteiger partial charge on any atom is -0.342 e. The fourth-order valence-corrected chi connectivity index (χ4v) is 3.25. The van der Waals surface area contributed by atoms with Crippen LogP contribution in [-0.4, -0.2) is 15.9 Å². The number of aromatic nitrogens is 2. The van der Waals surface area contributed by atoms with Crippen molar-refractivity contribution < 1.29 is 4.79 Å². The minimum atomic E-state index is -0.0475. The number of amides is 1. The highest BCUT2D eigenvalue weighted by Crippen LogP contribution is 2.35. The van der Waals surface area contributed by atoms with Gasteiger partial charge in [-0.15, -0.1) is 0 Å². The van der Waals surface area contributed by atoms with E-state index < -0.39 is 0 Å². The first-order chi connectivity index (χ1) is 10.2. The molecule has 106 valence electrons. The number of benzene rings is 1. The monoisotopic (exact) mass is 279 g/mol. The maximum absolute atomic E-state index is 12.2. The lowest BCUT2D eigenvalue weighted by Gasteiger charge is -2.07. The summed E-state index contributed by atoms with van der Waals surface area (Å²) in [5, 5.41) is 2.92. The summed E-state index contributed by atoms with van der Waals surface area (Å²) in [4.78, 5) is 20.2. The normalized spacial score (nSPS) is 18.5. The lowest BCUT2D eigenvalue weighted by Crippen LogP contribution is -2.03. The molecule has 0 saturated heterocycles. The van der Waals surface area contributed by atoms with Gasteiger partial charge < -0.3 is 10.3 Å². The van der Waals surface area contributed by atoms with Crippen LogP contribution >= 0.6 is 0 Å². The zero-order valence-electron chi connectivity index (χ0n) is 12.0. The van der Waals surface area contributed by atoms with Gasteiger partial charge in [-0.05, 0) is 50.3 Å². The third-order valence-electron chi connectivity index (χ3n) is 4.29. The number of nitrogens with zero attached hydrogens (tertiary/aromatic N) is 1. The Kier molecular flexibility index (Phi) is 2.70. The topological polar surface area (TPSA) is 57.8 Å². The maximum atomic E-state index is 12.2. The number of fused-ring (bicyclic) bond motifs is 2. The van der Waals surface area contributed by atoms with Gasteiger partial charge in [-0.25, -0.2) is 4.98 Å². The Labute approximate surface area is 123 Å². The fourth-order valence-electron chi connectivity index (χ4n) is 3.25. The van der Waals surface area contributed by atoms with E-state index >= 15 is 0 Å². The summed E-state index contributed by atoms with van der Waals surface area (Å²) in [6.07, 6.45) is 6.40. The SMILES string of the molecule is Cc1cccc2c1C(=Cc1nc3c([nH]1)CCCC3)C(=O)N2. The summed E-state index contributed by atoms with van der Waals surface area (Å²) in [7, 11) is 0. The number of hydrogen-bond donors (Lipinski definition) is 2. The van der Waals surface area contributed by atoms with Crippen LogP contribution < -0.4 is 5.32 Å². The molecule has 2 N–H and O–H groups in total. The lowest BCUT2D eigenvalue weighted by atomic mass is 10.0. The zero-order valence-corrected chi connectivity index (χ0v) is 12.0. The van der Waals surface area contributed by atoms with Crippen LogP contribution in [0.15, 0.2) is 18.2 Å². The van der Waals surface area contributed by atoms with Gasteiger partial charge in [-0.3, -0.25) is 4.79 Å². The number of anilines is 1. The van der Waals surface area contributed by atoms with Gasteiger partial charge in [0.15, 0.2) is 0 Å². The van der Waals surface area contributed by atoms with Crippen LogP contribution in [0.1, 0.15) is 41.2 Å². The number of H-pyrrole nitrogens is 1. The van der Waals surface area contributed by atoms with Crippen molar-refractivity contribution in [2.75, 3.05) is 5.32 Å². The van der Waals surface area contributed by atoms with Crippen molar-refractivity contribution in [1.29, 1.82) is 0 Å². The molecule has 1 aromatic heterocycles. The van der Waals surface area contributed by atoms with Gasteiger partial charge in [0.25, 0.3) is 5.91 Å². The Bertz CT molecular complexity index is 747. The molecule has 4 heteroatoms. The first-order valence-corrected chi connectivity index (χ1v) is 7.43. The molecular formula is C17H17N3O. The molecule has 4 nitrogen and oxygen atoms in total. The molecule has 2 heterocycles. The standard InChI is InChI=1S/C17H17N3O/c1-10-5-4-8-14-16(10)11(17(21)20-14)9-15-18-12-6-2-3-7-13(12)19-15/h4-5,8-9H,2-3,6-7H2,1H3,(H,18,19)(H,20,21). The van der Waals surface area contributed by atoms with Crippen molar-refractivity contribution in [2.45, 2.75) is 32.6 Å². The highest BCUT2D eigenvalue weighted by molar-refractivity contribution is 6.35. The summed E-state index contributed by atoms with van der Waals surface area (Å²) in [5.41, 5.74) is 6.09. The van der Waals surface area contributed by atoms with E-state index in [1.807, 2.05) is 31.2 Å². The van der Waals surface area contributed by atoms with Crippen LogP contribution in [0.25, 0.3) is 11.6 Å². The third kappa shape index (κ3) is 1.98. The molecule has 0 atom stereocenters. The molecule has 1 aromatic carbocycles. The zero-order chi connectivity index (χ0) is 14.4. The van der Waals surface area contributed by atoms with Crippen LogP contribution in [0.3, 0.4) is 0 Å². The number of imidazole rings is 1. The van der Waals surface area contributed by atoms with Crippen molar-refractivity contribution in [2.24, 2.45) is 0 Å². The van der Waals surface area contributed by atoms with Crippen molar-refractivity contribution in [3.63, 3.8) is 0 Å². The van der Waals surface area contributed by atoms with Crippen LogP contribution in [0.4, 0.5) is 5.69 Å². The Balaban J connectivity index is 1.80. The molecule has 0 bridgehead atoms. The molecule has 0 saturated carbocycles. The quantitative estimate of drug-likeness (QED) is 0.788. The van der Waals surface area contributed by atoms with Crippen molar-refractivity contribution in [3.8, 4) is 0 Å². The summed E-state index contributed by atoms with van der Waals surface area (Å²) in [6.45, 7) is 2.03. The fraction of sp³-hybridized carbons (Fsp3) is 0.294. The Morgan fingerprint density at radius 1 is 1.24 bits per heavy atom. The number of aryl methyl sites for hydroxylation is 3. The molecule has 1 aliphatic carbocycles. The second kappa shape index (κ2) is 4.58. The Hall–Kier alpha value is -2.36. The van der Waals surface area contributed by atoms with E-state index in [2.05, 4.69) is 15.3 Å². The minimum absolute atomic E-state index is 0.0475. The number of rotatable bonds is 1. The van der Waals surface area contributed by atoms with E-state index in [0.29, 0.717) is 5.57 Å². The van der Waals surface area contributed by atoms with E-state index in [-0.39, 0.29) is 5.91 Å². The Morgan fingerprint density at radius 3 is 2.95 bits per heavy atom. The second-order valence-corrected chi connectivity index (χ2v) is 5.76. The second-order valence-electron chi connectivity index (χ2n) is 5.76. The van der Waals surface area contributed by atoms with Crippen molar-refractivity contribution >= 4 is 23.2 Å². The molecule has 2 aliphatic rings. The van der Waals surface area contributed by atoms with Gasteiger partial charge in [0.05, 0.1) is 11.3 Å². The summed E-state index contributed by atoms with van der Waals surface area (Å²) in [5.74, 6) is 0.747. The van der Waals surface area contributed by atoms with Crippen LogP contribution in [0.2, 0.25) is 0 Å². The maximum Gasteiger partial charge on any atom is 0.256 e. The third-order valence-corrected chi connectivity index (χ3v) is 4.29. The molecule has 1 amide bonds. The summed E-state index contributed by atoms with van der Waals surface area (Å²) < 4.78 is 0. The predicted octanol–water partition coefficient (Wildman–Crippen LogP) is 3.09. The number of aromatic amines is 1. The predicted molar refractivity (Wildman–Crippen MR) is 82.9 cm³/mol. The van der Waals surface area contributed by atoms with Gasteiger partial charge >= 0.3 is 0 Å². The molecule has 4 rings (SSSR count). The molecule has 0 fully saturated rings. The van der Waals surface area contributed by atoms with Crippen molar-refractivity contribution in [3.05, 3.63) is 46.5 Å². The number of carbonyl (C=O) groups excluding carboxylic acids is 1. The van der Waals surface area contributed by atoms with Gasteiger partial charge in [0, 0.05) is 16.9 Å². The molecule has 0 unspecified atom stereocenters. The molecule has 0 radical (unpaired) electrons. The van der Waals surface area contributed by atoms with E-state index in [0.717, 1.165) is 41.2 Å². The lowest BCUT2D eigenvalue weighted by molar-refractivity contribution is -0.110. The number of carbonyl (C=O) groups is 1. The van der Waals surface area contributed by atoms with Crippen LogP contribution in [0.5, 0.6) is 0 Å². The average molecular weight is 279 g/mol. The van der Waals surface area contributed by atoms with Gasteiger partial charge in [0.2, 0.25) is 0 Å². The first kappa shape index (κ1) is 12.4. The van der Waals surface area contributed by atoms with E-state index in [9.17, 15) is 4.79 Å². The molecular weight excluding hydrogens is 262 g/mol. The van der Waals surface area contributed by atoms with Gasteiger partial charge in [-0.2, -0.15) is 0 Å². The van der Waals surface area contributed by atoms with E-state index in [1.54, 1.807) is 0 Å². The molecule has 1 aliphatic heterocycles. The average Bonchev–Trinajstić information content (AvgIpc) is 3.01. The highest BCUT2D eigenvalue weighted by Gasteiger charge is 2.26. The van der Waals surface area contributed by atoms with E-state index in [1.165, 1.54) is 18.5 Å². The summed E-state index contributed by atoms with van der Waals surface area (Å²) in [6, 6.07) is 5.93. The Morgan fingerprint density at radius 2 is 2.10 bits per heavy atom. The van der Waals surface area contributed by atoms with Crippen LogP contribution in [-0.2, 0) is 17.6 Å². The molecule has 21 heavy (non-hydrogen) atoms. The van der Waals surface area contributed by atoms with Gasteiger partial charge in [-0.1, -0.05) is 12.1 Å². The van der Waals surface area contributed by atoms with Crippen molar-refractivity contribution in [1.82, 2.24) is 9.97 Å². The van der Waals surface area contributed by atoms with Gasteiger partial charge in [0.1, 0.15) is 5.82 Å². The highest BCUT2D eigenvalue weighted by atomic mass is 16.2. The molecule has 2 aromatic rings. The van der Waals surface area contributed by atoms with Crippen LogP contribution in [0, 0.1) is 6.92 Å². The smallest absolute Gasteiger partial charge is 0.256 e.